The molecule has 0 aliphatic carbocycles. The average molecular weight is 126 g/mol. The van der Waals surface area contributed by atoms with Crippen LogP contribution in [0.5, 0.6) is 0 Å². The van der Waals surface area contributed by atoms with Crippen molar-refractivity contribution >= 4 is 0 Å². The van der Waals surface area contributed by atoms with E-state index < -0.39 is 12.6 Å². The minimum Gasteiger partial charge on any atom is -0.171 e. The third-order valence-corrected chi connectivity index (χ3v) is 0.814. The van der Waals surface area contributed by atoms with Gasteiger partial charge in [0.15, 0.2) is 0 Å². The van der Waals surface area contributed by atoms with Crippen molar-refractivity contribution in [1.29, 1.82) is 0 Å². The fourth-order valence-electron chi connectivity index (χ4n) is 0.377. The summed E-state index contributed by atoms with van der Waals surface area (Å²) in [5.74, 6) is 0. The number of rotatable bonds is 2. The molecule has 0 spiro atoms. The first-order valence-electron chi connectivity index (χ1n) is 2.63. The van der Waals surface area contributed by atoms with Gasteiger partial charge in [0.2, 0.25) is 0 Å². The van der Waals surface area contributed by atoms with Crippen LogP contribution in [0.25, 0.3) is 0 Å². The molecule has 0 radical (unpaired) electrons. The quantitative estimate of drug-likeness (QED) is 0.533. The van der Waals surface area contributed by atoms with Gasteiger partial charge in [0, 0.05) is 6.42 Å². The molecule has 0 rings (SSSR count). The first-order valence-corrected chi connectivity index (χ1v) is 2.63. The van der Waals surface area contributed by atoms with Crippen LogP contribution in [0.4, 0.5) is 13.2 Å². The second kappa shape index (κ2) is 2.95. The van der Waals surface area contributed by atoms with Gasteiger partial charge < -0.3 is 0 Å². The van der Waals surface area contributed by atoms with Crippen LogP contribution in [0.1, 0.15) is 26.2 Å². The largest absolute Gasteiger partial charge is 0.389 e. The summed E-state index contributed by atoms with van der Waals surface area (Å²) in [6, 6.07) is 0. The number of unbranched alkanes of at least 4 members (excludes halogenated alkanes) is 1. The Hall–Kier alpha value is -0.210. The van der Waals surface area contributed by atoms with E-state index in [9.17, 15) is 13.2 Å². The topological polar surface area (TPSA) is 0 Å². The fourth-order valence-corrected chi connectivity index (χ4v) is 0.377. The van der Waals surface area contributed by atoms with E-state index >= 15 is 0 Å². The van der Waals surface area contributed by atoms with Gasteiger partial charge in [-0.15, -0.1) is 0 Å². The Morgan fingerprint density at radius 3 is 1.88 bits per heavy atom. The zero-order valence-electron chi connectivity index (χ0n) is 4.76. The first kappa shape index (κ1) is 7.79. The lowest BCUT2D eigenvalue weighted by Gasteiger charge is -2.02. The summed E-state index contributed by atoms with van der Waals surface area (Å²) < 4.78 is 33.7. The monoisotopic (exact) mass is 126 g/mol. The van der Waals surface area contributed by atoms with Gasteiger partial charge in [-0.25, -0.2) is 0 Å². The second-order valence-corrected chi connectivity index (χ2v) is 1.72. The Morgan fingerprint density at radius 1 is 1.25 bits per heavy atom. The van der Waals surface area contributed by atoms with Crippen molar-refractivity contribution in [3.63, 3.8) is 0 Å². The maximum absolute atomic E-state index is 11.2. The van der Waals surface area contributed by atoms with Crippen molar-refractivity contribution < 1.29 is 13.2 Å². The van der Waals surface area contributed by atoms with Crippen molar-refractivity contribution in [1.82, 2.24) is 0 Å². The highest BCUT2D eigenvalue weighted by atomic mass is 19.4. The summed E-state index contributed by atoms with van der Waals surface area (Å²) in [5.41, 5.74) is 0. The Bertz CT molecular complexity index is 55.2. The van der Waals surface area contributed by atoms with E-state index in [1.165, 1.54) is 0 Å². The lowest BCUT2D eigenvalue weighted by Crippen LogP contribution is -2.05. The van der Waals surface area contributed by atoms with E-state index in [1.54, 1.807) is 6.92 Å². The highest BCUT2D eigenvalue weighted by molar-refractivity contribution is 4.47. The molecular weight excluding hydrogens is 117 g/mol. The van der Waals surface area contributed by atoms with Crippen LogP contribution in [0, 0.1) is 0 Å². The van der Waals surface area contributed by atoms with Gasteiger partial charge in [0.05, 0.1) is 0 Å². The zero-order valence-corrected chi connectivity index (χ0v) is 4.76. The molecule has 0 aliphatic rings. The van der Waals surface area contributed by atoms with E-state index in [0.29, 0.717) is 6.42 Å². The molecule has 3 heteroatoms. The average Bonchev–Trinajstić information content (AvgIpc) is 1.59. The van der Waals surface area contributed by atoms with Crippen LogP contribution < -0.4 is 0 Å². The van der Waals surface area contributed by atoms with E-state index in [1.807, 2.05) is 0 Å². The van der Waals surface area contributed by atoms with Gasteiger partial charge in [-0.2, -0.15) is 13.2 Å². The van der Waals surface area contributed by atoms with Gasteiger partial charge in [-0.05, 0) is 6.42 Å². The molecule has 0 aromatic rings. The molecular formula is C5H9F3. The lowest BCUT2D eigenvalue weighted by molar-refractivity contribution is -0.135. The van der Waals surface area contributed by atoms with Crippen LogP contribution in [0.3, 0.4) is 0 Å². The fraction of sp³-hybridized carbons (Fsp3) is 1.00. The Kier molecular flexibility index (Phi) is 2.87. The van der Waals surface area contributed by atoms with Crippen LogP contribution in [-0.4, -0.2) is 6.18 Å². The standard InChI is InChI=1S/C5H9F3/c1-2-3-4-5(6,7)8/h2-4H2,1H3. The van der Waals surface area contributed by atoms with Crippen LogP contribution >= 0.6 is 0 Å². The SMILES string of the molecule is CCCCC(F)(F)F. The molecule has 0 bridgehead atoms. The summed E-state index contributed by atoms with van der Waals surface area (Å²) in [5, 5.41) is 0. The molecule has 0 nitrogen and oxygen atoms in total. The molecule has 0 atom stereocenters. The second-order valence-electron chi connectivity index (χ2n) is 1.72. The van der Waals surface area contributed by atoms with Crippen LogP contribution in [0.15, 0.2) is 0 Å². The minimum atomic E-state index is -3.95. The van der Waals surface area contributed by atoms with E-state index in [2.05, 4.69) is 0 Å². The number of hydrogen-bond donors (Lipinski definition) is 0. The van der Waals surface area contributed by atoms with Gasteiger partial charge in [-0.1, -0.05) is 13.3 Å². The summed E-state index contributed by atoms with van der Waals surface area (Å²) in [4.78, 5) is 0. The van der Waals surface area contributed by atoms with Gasteiger partial charge >= 0.3 is 6.18 Å². The minimum absolute atomic E-state index is 0.253. The third kappa shape index (κ3) is 5.79. The summed E-state index contributed by atoms with van der Waals surface area (Å²) >= 11 is 0. The van der Waals surface area contributed by atoms with Crippen molar-refractivity contribution in [2.75, 3.05) is 0 Å². The van der Waals surface area contributed by atoms with E-state index in [0.717, 1.165) is 0 Å². The van der Waals surface area contributed by atoms with Crippen molar-refractivity contribution in [3.05, 3.63) is 0 Å². The van der Waals surface area contributed by atoms with Crippen LogP contribution in [0.2, 0.25) is 0 Å². The molecule has 50 valence electrons. The van der Waals surface area contributed by atoms with Crippen molar-refractivity contribution in [2.45, 2.75) is 32.4 Å². The molecule has 0 fully saturated rings. The molecule has 0 saturated carbocycles. The summed E-state index contributed by atoms with van der Waals surface area (Å²) in [7, 11) is 0. The predicted octanol–water partition coefficient (Wildman–Crippen LogP) is 2.74. The molecule has 0 amide bonds. The van der Waals surface area contributed by atoms with Crippen LogP contribution in [-0.2, 0) is 0 Å². The molecule has 0 unspecified atom stereocenters. The molecule has 0 N–H and O–H groups in total. The van der Waals surface area contributed by atoms with E-state index in [-0.39, 0.29) is 6.42 Å². The molecule has 0 aromatic heterocycles. The highest BCUT2D eigenvalue weighted by Gasteiger charge is 2.25. The maximum atomic E-state index is 11.2. The normalized spacial score (nSPS) is 12.0. The maximum Gasteiger partial charge on any atom is 0.389 e. The van der Waals surface area contributed by atoms with Gasteiger partial charge in [0.1, 0.15) is 0 Å². The number of hydrogen-bond acceptors (Lipinski definition) is 0. The van der Waals surface area contributed by atoms with Gasteiger partial charge in [0.25, 0.3) is 0 Å². The Morgan fingerprint density at radius 2 is 1.75 bits per heavy atom. The highest BCUT2D eigenvalue weighted by Crippen LogP contribution is 2.21. The van der Waals surface area contributed by atoms with E-state index in [4.69, 9.17) is 0 Å². The summed E-state index contributed by atoms with van der Waals surface area (Å²) in [6.07, 6.45) is -3.72. The lowest BCUT2D eigenvalue weighted by atomic mass is 10.2. The Balaban J connectivity index is 3.11. The van der Waals surface area contributed by atoms with Crippen molar-refractivity contribution in [3.8, 4) is 0 Å². The number of halogens is 3. The van der Waals surface area contributed by atoms with Crippen molar-refractivity contribution in [2.24, 2.45) is 0 Å². The first-order chi connectivity index (χ1) is 3.56. The zero-order chi connectivity index (χ0) is 6.62. The summed E-state index contributed by atoms with van der Waals surface area (Å²) in [6.45, 7) is 1.74. The third-order valence-electron chi connectivity index (χ3n) is 0.814. The number of alkyl halides is 3. The molecule has 0 saturated heterocycles. The molecule has 0 aromatic carbocycles. The molecule has 0 heterocycles. The smallest absolute Gasteiger partial charge is 0.171 e. The predicted molar refractivity (Wildman–Crippen MR) is 25.6 cm³/mol. The molecule has 0 aliphatic heterocycles. The molecule has 8 heavy (non-hydrogen) atoms. The Labute approximate surface area is 46.7 Å². The van der Waals surface area contributed by atoms with Gasteiger partial charge in [-0.3, -0.25) is 0 Å².